The van der Waals surface area contributed by atoms with Crippen LogP contribution in [0.25, 0.3) is 0 Å². The smallest absolute Gasteiger partial charge is 0.235 e. The monoisotopic (exact) mass is 212 g/mol. The molecule has 0 aliphatic rings. The molecule has 3 nitrogen and oxygen atoms in total. The average molecular weight is 213 g/mol. The summed E-state index contributed by atoms with van der Waals surface area (Å²) in [6.07, 6.45) is 1.46. The Bertz CT molecular complexity index is 294. The third-order valence-corrected chi connectivity index (χ3v) is 1.52. The number of hydrogen-bond donors (Lipinski definition) is 0. The lowest BCUT2D eigenvalue weighted by atomic mass is 10.4. The highest BCUT2D eigenvalue weighted by Gasteiger charge is 1.91. The van der Waals surface area contributed by atoms with Crippen LogP contribution in [0.15, 0.2) is 27.8 Å². The summed E-state index contributed by atoms with van der Waals surface area (Å²) in [6, 6.07) is 5.45. The second kappa shape index (κ2) is 4.01. The van der Waals surface area contributed by atoms with Gasteiger partial charge in [-0.1, -0.05) is 6.07 Å². The minimum Gasteiger partial charge on any atom is -0.244 e. The van der Waals surface area contributed by atoms with Gasteiger partial charge in [0.05, 0.1) is 12.2 Å². The molecule has 1 aromatic heterocycles. The summed E-state index contributed by atoms with van der Waals surface area (Å²) in [6.45, 7) is 0.295. The highest BCUT2D eigenvalue weighted by Crippen LogP contribution is 2.06. The zero-order valence-corrected chi connectivity index (χ0v) is 7.21. The molecular weight excluding hydrogens is 208 g/mol. The second-order valence-corrected chi connectivity index (χ2v) is 2.67. The summed E-state index contributed by atoms with van der Waals surface area (Å²) >= 11 is 3.20. The van der Waals surface area contributed by atoms with Gasteiger partial charge in [-0.3, -0.25) is 0 Å². The zero-order chi connectivity index (χ0) is 8.10. The van der Waals surface area contributed by atoms with Crippen LogP contribution >= 0.6 is 15.9 Å². The Hall–Kier alpha value is -0.990. The molecule has 1 rings (SSSR count). The van der Waals surface area contributed by atoms with E-state index in [1.807, 2.05) is 12.1 Å². The van der Waals surface area contributed by atoms with Crippen molar-refractivity contribution < 1.29 is 4.79 Å². The van der Waals surface area contributed by atoms with Crippen LogP contribution in [0.4, 0.5) is 0 Å². The van der Waals surface area contributed by atoms with Gasteiger partial charge in [-0.05, 0) is 28.1 Å². The molecule has 0 saturated carbocycles. The van der Waals surface area contributed by atoms with Crippen LogP contribution in [0.5, 0.6) is 0 Å². The maximum Gasteiger partial charge on any atom is 0.235 e. The van der Waals surface area contributed by atoms with Crippen molar-refractivity contribution in [1.82, 2.24) is 4.98 Å². The molecule has 0 unspecified atom stereocenters. The van der Waals surface area contributed by atoms with Gasteiger partial charge in [-0.25, -0.2) is 9.78 Å². The summed E-state index contributed by atoms with van der Waals surface area (Å²) in [5.74, 6) is 0. The second-order valence-electron chi connectivity index (χ2n) is 1.86. The number of isocyanates is 1. The molecule has 0 aromatic carbocycles. The molecule has 0 saturated heterocycles. The lowest BCUT2D eigenvalue weighted by Gasteiger charge is -1.93. The van der Waals surface area contributed by atoms with Gasteiger partial charge in [0.15, 0.2) is 0 Å². The Morgan fingerprint density at radius 3 is 3.09 bits per heavy atom. The zero-order valence-electron chi connectivity index (χ0n) is 5.62. The predicted molar refractivity (Wildman–Crippen MR) is 43.8 cm³/mol. The van der Waals surface area contributed by atoms with Gasteiger partial charge >= 0.3 is 0 Å². The molecule has 0 radical (unpaired) electrons. The maximum absolute atomic E-state index is 9.73. The highest BCUT2D eigenvalue weighted by atomic mass is 79.9. The predicted octanol–water partition coefficient (Wildman–Crippen LogP) is 1.68. The number of aromatic nitrogens is 1. The first kappa shape index (κ1) is 8.11. The number of nitrogens with zero attached hydrogens (tertiary/aromatic N) is 2. The summed E-state index contributed by atoms with van der Waals surface area (Å²) < 4.78 is 0.746. The Kier molecular flexibility index (Phi) is 2.95. The Morgan fingerprint density at radius 1 is 1.64 bits per heavy atom. The van der Waals surface area contributed by atoms with E-state index in [9.17, 15) is 4.79 Å². The SMILES string of the molecule is O=C=NCc1cccc(Br)n1. The van der Waals surface area contributed by atoms with Crippen LogP contribution in [0.1, 0.15) is 5.69 Å². The number of pyridine rings is 1. The number of halogens is 1. The van der Waals surface area contributed by atoms with Gasteiger partial charge in [-0.15, -0.1) is 0 Å². The largest absolute Gasteiger partial charge is 0.244 e. The van der Waals surface area contributed by atoms with Crippen molar-refractivity contribution in [3.8, 4) is 0 Å². The topological polar surface area (TPSA) is 42.3 Å². The summed E-state index contributed by atoms with van der Waals surface area (Å²) in [4.78, 5) is 17.2. The molecule has 0 atom stereocenters. The van der Waals surface area contributed by atoms with E-state index < -0.39 is 0 Å². The van der Waals surface area contributed by atoms with Crippen molar-refractivity contribution in [2.75, 3.05) is 0 Å². The van der Waals surface area contributed by atoms with Crippen LogP contribution in [0.3, 0.4) is 0 Å². The van der Waals surface area contributed by atoms with Crippen molar-refractivity contribution in [2.45, 2.75) is 6.54 Å². The standard InChI is InChI=1S/C7H5BrN2O/c8-7-3-1-2-6(10-7)4-9-5-11/h1-3H,4H2. The number of carbonyl (C=O) groups excluding carboxylic acids is 1. The van der Waals surface area contributed by atoms with E-state index in [1.165, 1.54) is 6.08 Å². The molecule has 0 aliphatic heterocycles. The van der Waals surface area contributed by atoms with Crippen LogP contribution < -0.4 is 0 Å². The van der Waals surface area contributed by atoms with E-state index in [0.29, 0.717) is 6.54 Å². The molecule has 1 aromatic rings. The van der Waals surface area contributed by atoms with Crippen LogP contribution in [0, 0.1) is 0 Å². The molecular formula is C7H5BrN2O. The van der Waals surface area contributed by atoms with E-state index in [4.69, 9.17) is 0 Å². The normalized spacial score (nSPS) is 8.82. The van der Waals surface area contributed by atoms with E-state index in [-0.39, 0.29) is 0 Å². The van der Waals surface area contributed by atoms with Crippen LogP contribution in [-0.2, 0) is 11.3 Å². The molecule has 56 valence electrons. The van der Waals surface area contributed by atoms with Gasteiger partial charge in [0, 0.05) is 0 Å². The number of aliphatic imine (C=N–C) groups is 1. The molecule has 1 heterocycles. The van der Waals surface area contributed by atoms with Gasteiger partial charge in [0.1, 0.15) is 4.60 Å². The molecule has 0 aliphatic carbocycles. The first-order valence-electron chi connectivity index (χ1n) is 2.98. The fourth-order valence-electron chi connectivity index (χ4n) is 0.652. The van der Waals surface area contributed by atoms with Gasteiger partial charge in [0.25, 0.3) is 0 Å². The molecule has 11 heavy (non-hydrogen) atoms. The Balaban J connectivity index is 2.79. The van der Waals surface area contributed by atoms with Crippen molar-refractivity contribution in [1.29, 1.82) is 0 Å². The number of hydrogen-bond acceptors (Lipinski definition) is 3. The fraction of sp³-hybridized carbons (Fsp3) is 0.143. The van der Waals surface area contributed by atoms with E-state index in [1.54, 1.807) is 6.07 Å². The van der Waals surface area contributed by atoms with Gasteiger partial charge in [0.2, 0.25) is 6.08 Å². The van der Waals surface area contributed by atoms with Crippen molar-refractivity contribution in [3.05, 3.63) is 28.5 Å². The Morgan fingerprint density at radius 2 is 2.45 bits per heavy atom. The van der Waals surface area contributed by atoms with Crippen LogP contribution in [-0.4, -0.2) is 11.1 Å². The highest BCUT2D eigenvalue weighted by molar-refractivity contribution is 9.10. The first-order chi connectivity index (χ1) is 5.33. The summed E-state index contributed by atoms with van der Waals surface area (Å²) in [7, 11) is 0. The third kappa shape index (κ3) is 2.62. The first-order valence-corrected chi connectivity index (χ1v) is 3.77. The van der Waals surface area contributed by atoms with E-state index in [0.717, 1.165) is 10.3 Å². The lowest BCUT2D eigenvalue weighted by Crippen LogP contribution is -1.86. The van der Waals surface area contributed by atoms with Crippen molar-refractivity contribution >= 4 is 22.0 Å². The van der Waals surface area contributed by atoms with Crippen LogP contribution in [0.2, 0.25) is 0 Å². The lowest BCUT2D eigenvalue weighted by molar-refractivity contribution is 0.562. The van der Waals surface area contributed by atoms with Gasteiger partial charge < -0.3 is 0 Å². The molecule has 0 bridgehead atoms. The minimum absolute atomic E-state index is 0.295. The third-order valence-electron chi connectivity index (χ3n) is 1.08. The molecule has 0 fully saturated rings. The number of rotatable bonds is 2. The molecule has 0 N–H and O–H groups in total. The fourth-order valence-corrected chi connectivity index (χ4v) is 1.03. The average Bonchev–Trinajstić information content (AvgIpc) is 2.01. The van der Waals surface area contributed by atoms with Crippen molar-refractivity contribution in [3.63, 3.8) is 0 Å². The van der Waals surface area contributed by atoms with E-state index >= 15 is 0 Å². The summed E-state index contributed by atoms with van der Waals surface area (Å²) in [5, 5.41) is 0. The maximum atomic E-state index is 9.73. The quantitative estimate of drug-likeness (QED) is 0.426. The summed E-state index contributed by atoms with van der Waals surface area (Å²) in [5.41, 5.74) is 0.753. The minimum atomic E-state index is 0.295. The Labute approximate surface area is 72.3 Å². The molecule has 0 spiro atoms. The molecule has 0 amide bonds. The van der Waals surface area contributed by atoms with E-state index in [2.05, 4.69) is 25.9 Å². The van der Waals surface area contributed by atoms with Gasteiger partial charge in [-0.2, -0.15) is 4.99 Å². The van der Waals surface area contributed by atoms with Crippen molar-refractivity contribution in [2.24, 2.45) is 4.99 Å². The molecule has 4 heteroatoms.